The zero-order valence-corrected chi connectivity index (χ0v) is 11.9. The van der Waals surface area contributed by atoms with Crippen LogP contribution in [0.4, 0.5) is 14.9 Å². The van der Waals surface area contributed by atoms with Crippen LogP contribution in [0.25, 0.3) is 0 Å². The average molecular weight is 297 g/mol. The van der Waals surface area contributed by atoms with Crippen LogP contribution in [0, 0.1) is 5.82 Å². The third-order valence-corrected chi connectivity index (χ3v) is 2.29. The Kier molecular flexibility index (Phi) is 5.02. The first kappa shape index (κ1) is 16.6. The number of amides is 1. The van der Waals surface area contributed by atoms with E-state index in [1.807, 2.05) is 0 Å². The van der Waals surface area contributed by atoms with E-state index in [1.165, 1.54) is 6.07 Å². The Morgan fingerprint density at radius 1 is 1.29 bits per heavy atom. The van der Waals surface area contributed by atoms with E-state index < -0.39 is 35.7 Å². The van der Waals surface area contributed by atoms with Crippen molar-refractivity contribution in [3.05, 3.63) is 29.6 Å². The lowest BCUT2D eigenvalue weighted by Gasteiger charge is -2.20. The molecular formula is C14H16FNO5. The van der Waals surface area contributed by atoms with E-state index in [2.05, 4.69) is 5.32 Å². The van der Waals surface area contributed by atoms with Gasteiger partial charge in [0.1, 0.15) is 11.4 Å². The number of ketones is 1. The zero-order chi connectivity index (χ0) is 16.2. The van der Waals surface area contributed by atoms with Gasteiger partial charge in [-0.25, -0.2) is 14.0 Å². The second kappa shape index (κ2) is 6.34. The number of aliphatic carboxylic acids is 1. The molecule has 0 aliphatic heterocycles. The van der Waals surface area contributed by atoms with Gasteiger partial charge < -0.3 is 9.84 Å². The number of ether oxygens (including phenoxy) is 1. The fourth-order valence-electron chi connectivity index (χ4n) is 1.49. The predicted octanol–water partition coefficient (Wildman–Crippen LogP) is 2.37. The Bertz CT molecular complexity index is 577. The van der Waals surface area contributed by atoms with Gasteiger partial charge >= 0.3 is 12.1 Å². The van der Waals surface area contributed by atoms with Gasteiger partial charge in [0.2, 0.25) is 5.78 Å². The quantitative estimate of drug-likeness (QED) is 0.832. The van der Waals surface area contributed by atoms with E-state index in [0.717, 1.165) is 12.1 Å². The number of rotatable bonds is 4. The molecule has 7 heteroatoms. The minimum atomic E-state index is -1.62. The molecule has 0 bridgehead atoms. The molecule has 0 unspecified atom stereocenters. The maximum atomic E-state index is 13.2. The minimum absolute atomic E-state index is 0.0632. The Morgan fingerprint density at radius 2 is 1.90 bits per heavy atom. The number of benzene rings is 1. The molecule has 0 aliphatic rings. The summed E-state index contributed by atoms with van der Waals surface area (Å²) in [5, 5.41) is 10.9. The number of carboxylic acids is 1. The van der Waals surface area contributed by atoms with E-state index in [1.54, 1.807) is 20.8 Å². The molecule has 114 valence electrons. The molecule has 0 spiro atoms. The molecule has 0 aromatic heterocycles. The summed E-state index contributed by atoms with van der Waals surface area (Å²) in [4.78, 5) is 33.4. The van der Waals surface area contributed by atoms with Gasteiger partial charge in [0, 0.05) is 12.1 Å². The molecule has 0 aliphatic carbocycles. The number of carbonyl (C=O) groups is 3. The topological polar surface area (TPSA) is 92.7 Å². The van der Waals surface area contributed by atoms with Crippen LogP contribution in [0.2, 0.25) is 0 Å². The molecular weight excluding hydrogens is 281 g/mol. The van der Waals surface area contributed by atoms with Gasteiger partial charge in [-0.2, -0.15) is 0 Å². The van der Waals surface area contributed by atoms with Gasteiger partial charge in [0.25, 0.3) is 0 Å². The maximum Gasteiger partial charge on any atom is 0.412 e. The zero-order valence-electron chi connectivity index (χ0n) is 11.9. The van der Waals surface area contributed by atoms with Gasteiger partial charge in [0.15, 0.2) is 0 Å². The summed E-state index contributed by atoms with van der Waals surface area (Å²) in [6.07, 6.45) is -1.31. The van der Waals surface area contributed by atoms with Crippen LogP contribution in [0.5, 0.6) is 0 Å². The van der Waals surface area contributed by atoms with Gasteiger partial charge in [-0.3, -0.25) is 10.1 Å². The largest absolute Gasteiger partial charge is 0.475 e. The number of anilines is 1. The van der Waals surface area contributed by atoms with E-state index in [4.69, 9.17) is 9.84 Å². The van der Waals surface area contributed by atoms with Gasteiger partial charge in [-0.1, -0.05) is 0 Å². The normalized spacial score (nSPS) is 10.9. The highest BCUT2D eigenvalue weighted by Gasteiger charge is 2.19. The van der Waals surface area contributed by atoms with Crippen molar-refractivity contribution in [3.63, 3.8) is 0 Å². The summed E-state index contributed by atoms with van der Waals surface area (Å²) in [7, 11) is 0. The number of carbonyl (C=O) groups excluding carboxylic acids is 2. The van der Waals surface area contributed by atoms with Crippen LogP contribution in [0.3, 0.4) is 0 Å². The van der Waals surface area contributed by atoms with Crippen molar-refractivity contribution in [3.8, 4) is 0 Å². The molecule has 0 heterocycles. The summed E-state index contributed by atoms with van der Waals surface area (Å²) in [6.45, 7) is 5.02. The fraction of sp³-hybridized carbons (Fsp3) is 0.357. The van der Waals surface area contributed by atoms with Crippen LogP contribution in [0.15, 0.2) is 18.2 Å². The van der Waals surface area contributed by atoms with Crippen molar-refractivity contribution in [1.82, 2.24) is 0 Å². The third kappa shape index (κ3) is 5.60. The number of carboxylic acid groups (broad SMARTS) is 1. The first-order valence-electron chi connectivity index (χ1n) is 6.13. The highest BCUT2D eigenvalue weighted by molar-refractivity contribution is 6.33. The van der Waals surface area contributed by atoms with Gasteiger partial charge in [-0.05, 0) is 44.5 Å². The molecule has 0 fully saturated rings. The summed E-state index contributed by atoms with van der Waals surface area (Å²) in [6, 6.07) is 3.32. The SMILES string of the molecule is CC(C)(C)OC(=O)Nc1ccc(F)cc1CC(=O)C(=O)O. The van der Waals surface area contributed by atoms with Crippen molar-refractivity contribution in [2.75, 3.05) is 5.32 Å². The highest BCUT2D eigenvalue weighted by Crippen LogP contribution is 2.19. The Hall–Kier alpha value is -2.44. The van der Waals surface area contributed by atoms with E-state index in [9.17, 15) is 18.8 Å². The molecule has 6 nitrogen and oxygen atoms in total. The predicted molar refractivity (Wildman–Crippen MR) is 72.6 cm³/mol. The van der Waals surface area contributed by atoms with Gasteiger partial charge in [0.05, 0.1) is 0 Å². The van der Waals surface area contributed by atoms with Crippen molar-refractivity contribution in [2.24, 2.45) is 0 Å². The molecule has 1 amide bonds. The summed E-state index contributed by atoms with van der Waals surface area (Å²) in [5.41, 5.74) is -0.533. The van der Waals surface area contributed by atoms with Crippen molar-refractivity contribution in [2.45, 2.75) is 32.8 Å². The van der Waals surface area contributed by atoms with Crippen molar-refractivity contribution in [1.29, 1.82) is 0 Å². The molecule has 1 rings (SSSR count). The van der Waals surface area contributed by atoms with E-state index >= 15 is 0 Å². The first-order valence-corrected chi connectivity index (χ1v) is 6.13. The van der Waals surface area contributed by atoms with Crippen LogP contribution >= 0.6 is 0 Å². The first-order chi connectivity index (χ1) is 9.58. The molecule has 1 aromatic carbocycles. The second-order valence-electron chi connectivity index (χ2n) is 5.33. The van der Waals surface area contributed by atoms with Crippen molar-refractivity contribution >= 4 is 23.5 Å². The standard InChI is InChI=1S/C14H16FNO5/c1-14(2,3)21-13(20)16-10-5-4-9(15)6-8(10)7-11(17)12(18)19/h4-6H,7H2,1-3H3,(H,16,20)(H,18,19). The minimum Gasteiger partial charge on any atom is -0.475 e. The lowest BCUT2D eigenvalue weighted by atomic mass is 10.1. The number of Topliss-reactive ketones (excluding diaryl/α,β-unsaturated/α-hetero) is 1. The van der Waals surface area contributed by atoms with Crippen molar-refractivity contribution < 1.29 is 28.6 Å². The molecule has 2 N–H and O–H groups in total. The lowest BCUT2D eigenvalue weighted by Crippen LogP contribution is -2.27. The van der Waals surface area contributed by atoms with E-state index in [0.29, 0.717) is 0 Å². The maximum absolute atomic E-state index is 13.2. The highest BCUT2D eigenvalue weighted by atomic mass is 19.1. The van der Waals surface area contributed by atoms with Crippen LogP contribution in [-0.2, 0) is 20.7 Å². The van der Waals surface area contributed by atoms with Crippen LogP contribution < -0.4 is 5.32 Å². The Balaban J connectivity index is 2.94. The number of hydrogen-bond donors (Lipinski definition) is 2. The fourth-order valence-corrected chi connectivity index (χ4v) is 1.49. The summed E-state index contributed by atoms with van der Waals surface area (Å²) in [5.74, 6) is -3.37. The summed E-state index contributed by atoms with van der Waals surface area (Å²) >= 11 is 0. The van der Waals surface area contributed by atoms with Crippen LogP contribution in [-0.4, -0.2) is 28.6 Å². The molecule has 21 heavy (non-hydrogen) atoms. The monoisotopic (exact) mass is 297 g/mol. The molecule has 1 aromatic rings. The van der Waals surface area contributed by atoms with E-state index in [-0.39, 0.29) is 11.3 Å². The number of halogens is 1. The molecule has 0 saturated carbocycles. The average Bonchev–Trinajstić information content (AvgIpc) is 2.30. The molecule has 0 radical (unpaired) electrons. The summed E-state index contributed by atoms with van der Waals surface area (Å²) < 4.78 is 18.2. The molecule has 0 saturated heterocycles. The second-order valence-corrected chi connectivity index (χ2v) is 5.33. The third-order valence-electron chi connectivity index (χ3n) is 2.29. The smallest absolute Gasteiger partial charge is 0.412 e. The lowest BCUT2D eigenvalue weighted by molar-refractivity contribution is -0.148. The number of nitrogens with one attached hydrogen (secondary N) is 1. The van der Waals surface area contributed by atoms with Gasteiger partial charge in [-0.15, -0.1) is 0 Å². The van der Waals surface area contributed by atoms with Crippen LogP contribution in [0.1, 0.15) is 26.3 Å². The molecule has 0 atom stereocenters. The number of hydrogen-bond acceptors (Lipinski definition) is 4. The Labute approximate surface area is 120 Å². The Morgan fingerprint density at radius 3 is 2.43 bits per heavy atom.